The fourth-order valence-electron chi connectivity index (χ4n) is 2.96. The summed E-state index contributed by atoms with van der Waals surface area (Å²) in [5.74, 6) is 1.84. The number of nitrogens with zero attached hydrogens (tertiary/aromatic N) is 4. The van der Waals surface area contributed by atoms with E-state index in [1.165, 1.54) is 24.9 Å². The van der Waals surface area contributed by atoms with Crippen LogP contribution in [-0.4, -0.2) is 34.0 Å². The Morgan fingerprint density at radius 2 is 1.70 bits per heavy atom. The summed E-state index contributed by atoms with van der Waals surface area (Å²) in [6.07, 6.45) is 3.44. The summed E-state index contributed by atoms with van der Waals surface area (Å²) in [7, 11) is 3.08. The second-order valence-electron chi connectivity index (χ2n) is 6.33. The lowest BCUT2D eigenvalue weighted by atomic mass is 10.2. The molecule has 0 spiro atoms. The van der Waals surface area contributed by atoms with Gasteiger partial charge in [-0.2, -0.15) is 0 Å². The second kappa shape index (κ2) is 8.96. The molecule has 0 atom stereocenters. The summed E-state index contributed by atoms with van der Waals surface area (Å²) in [5.41, 5.74) is 2.62. The molecule has 2 aromatic heterocycles. The van der Waals surface area contributed by atoms with Gasteiger partial charge in [-0.25, -0.2) is 4.39 Å². The predicted molar refractivity (Wildman–Crippen MR) is 114 cm³/mol. The first-order chi connectivity index (χ1) is 14.7. The molecule has 0 N–H and O–H groups in total. The van der Waals surface area contributed by atoms with Crippen LogP contribution >= 0.6 is 11.8 Å². The smallest absolute Gasteiger partial charge is 0.196 e. The van der Waals surface area contributed by atoms with Crippen molar-refractivity contribution in [1.82, 2.24) is 19.7 Å². The van der Waals surface area contributed by atoms with Crippen LogP contribution in [0.2, 0.25) is 0 Å². The Labute approximate surface area is 177 Å². The van der Waals surface area contributed by atoms with Gasteiger partial charge in [-0.1, -0.05) is 17.8 Å². The van der Waals surface area contributed by atoms with Gasteiger partial charge < -0.3 is 9.47 Å². The van der Waals surface area contributed by atoms with Crippen molar-refractivity contribution in [2.24, 2.45) is 0 Å². The lowest BCUT2D eigenvalue weighted by Gasteiger charge is -2.11. The number of methoxy groups -OCH3 is 2. The van der Waals surface area contributed by atoms with E-state index in [0.29, 0.717) is 16.7 Å². The largest absolute Gasteiger partial charge is 0.497 e. The lowest BCUT2D eigenvalue weighted by molar-refractivity contribution is 0.386. The van der Waals surface area contributed by atoms with Crippen molar-refractivity contribution < 1.29 is 13.9 Å². The third-order valence-corrected chi connectivity index (χ3v) is 5.49. The van der Waals surface area contributed by atoms with Crippen molar-refractivity contribution in [1.29, 1.82) is 0 Å². The Kier molecular flexibility index (Phi) is 5.94. The topological polar surface area (TPSA) is 62.1 Å². The van der Waals surface area contributed by atoms with Crippen molar-refractivity contribution in [2.75, 3.05) is 14.2 Å². The van der Waals surface area contributed by atoms with Crippen molar-refractivity contribution in [3.8, 4) is 28.6 Å². The molecular weight excluding hydrogens is 403 g/mol. The molecule has 8 heteroatoms. The average molecular weight is 422 g/mol. The standard InChI is InChI=1S/C22H19FN4O2S/c1-28-18-6-4-17(5-7-18)27-21(16-9-11-24-12-10-16)25-26-22(27)30-14-15-3-8-20(29-2)19(23)13-15/h3-13H,14H2,1-2H3. The highest BCUT2D eigenvalue weighted by molar-refractivity contribution is 7.98. The van der Waals surface area contributed by atoms with Gasteiger partial charge in [0.05, 0.1) is 14.2 Å². The Balaban J connectivity index is 1.68. The molecule has 0 bridgehead atoms. The van der Waals surface area contributed by atoms with Crippen LogP contribution in [0.3, 0.4) is 0 Å². The van der Waals surface area contributed by atoms with E-state index in [4.69, 9.17) is 9.47 Å². The van der Waals surface area contributed by atoms with Crippen molar-refractivity contribution in [3.05, 3.63) is 78.4 Å². The Hall–Kier alpha value is -3.39. The van der Waals surface area contributed by atoms with Gasteiger partial charge in [-0.3, -0.25) is 9.55 Å². The second-order valence-corrected chi connectivity index (χ2v) is 7.28. The van der Waals surface area contributed by atoms with Crippen LogP contribution in [0.5, 0.6) is 11.5 Å². The van der Waals surface area contributed by atoms with E-state index in [9.17, 15) is 4.39 Å². The molecule has 6 nitrogen and oxygen atoms in total. The minimum absolute atomic E-state index is 0.227. The first-order valence-corrected chi connectivity index (χ1v) is 10.1. The number of hydrogen-bond donors (Lipinski definition) is 0. The number of pyridine rings is 1. The summed E-state index contributed by atoms with van der Waals surface area (Å²) >= 11 is 1.48. The first-order valence-electron chi connectivity index (χ1n) is 9.15. The van der Waals surface area contributed by atoms with Crippen molar-refractivity contribution >= 4 is 11.8 Å². The molecule has 2 aromatic carbocycles. The van der Waals surface area contributed by atoms with E-state index < -0.39 is 0 Å². The zero-order chi connectivity index (χ0) is 20.9. The van der Waals surface area contributed by atoms with Crippen LogP contribution in [0.4, 0.5) is 4.39 Å². The van der Waals surface area contributed by atoms with Crippen molar-refractivity contribution in [3.63, 3.8) is 0 Å². The molecule has 0 aliphatic carbocycles. The van der Waals surface area contributed by atoms with Gasteiger partial charge in [-0.05, 0) is 54.1 Å². The highest BCUT2D eigenvalue weighted by atomic mass is 32.2. The number of thioether (sulfide) groups is 1. The lowest BCUT2D eigenvalue weighted by Crippen LogP contribution is -2.00. The van der Waals surface area contributed by atoms with Crippen LogP contribution in [0, 0.1) is 5.82 Å². The Bertz CT molecular complexity index is 1130. The minimum Gasteiger partial charge on any atom is -0.497 e. The average Bonchev–Trinajstić information content (AvgIpc) is 3.22. The zero-order valence-electron chi connectivity index (χ0n) is 16.4. The third-order valence-electron chi connectivity index (χ3n) is 4.49. The molecule has 0 fully saturated rings. The van der Waals surface area contributed by atoms with E-state index in [0.717, 1.165) is 22.6 Å². The van der Waals surface area contributed by atoms with Gasteiger partial charge in [0.25, 0.3) is 0 Å². The van der Waals surface area contributed by atoms with E-state index in [2.05, 4.69) is 15.2 Å². The number of aromatic nitrogens is 4. The maximum Gasteiger partial charge on any atom is 0.196 e. The predicted octanol–water partition coefficient (Wildman–Crippen LogP) is 4.78. The molecule has 0 radical (unpaired) electrons. The zero-order valence-corrected chi connectivity index (χ0v) is 17.3. The summed E-state index contributed by atoms with van der Waals surface area (Å²) in [6.45, 7) is 0. The van der Waals surface area contributed by atoms with Gasteiger partial charge in [-0.15, -0.1) is 10.2 Å². The van der Waals surface area contributed by atoms with Crippen LogP contribution in [0.25, 0.3) is 17.1 Å². The van der Waals surface area contributed by atoms with E-state index in [-0.39, 0.29) is 11.6 Å². The quantitative estimate of drug-likeness (QED) is 0.400. The van der Waals surface area contributed by atoms with E-state index in [1.54, 1.807) is 25.6 Å². The fourth-order valence-corrected chi connectivity index (χ4v) is 3.86. The maximum atomic E-state index is 14.0. The number of rotatable bonds is 7. The number of ether oxygens (including phenoxy) is 2. The van der Waals surface area contributed by atoms with Gasteiger partial charge in [0.2, 0.25) is 0 Å². The van der Waals surface area contributed by atoms with Gasteiger partial charge in [0.1, 0.15) is 5.75 Å². The summed E-state index contributed by atoms with van der Waals surface area (Å²) in [5, 5.41) is 9.49. The van der Waals surface area contributed by atoms with E-state index in [1.807, 2.05) is 47.0 Å². The SMILES string of the molecule is COc1ccc(-n2c(SCc3ccc(OC)c(F)c3)nnc2-c2ccncc2)cc1. The van der Waals surface area contributed by atoms with Gasteiger partial charge in [0.15, 0.2) is 22.5 Å². The van der Waals surface area contributed by atoms with Crippen LogP contribution in [-0.2, 0) is 5.75 Å². The Morgan fingerprint density at radius 3 is 2.37 bits per heavy atom. The molecule has 4 rings (SSSR count). The van der Waals surface area contributed by atoms with Crippen LogP contribution in [0.15, 0.2) is 72.1 Å². The van der Waals surface area contributed by atoms with E-state index >= 15 is 0 Å². The summed E-state index contributed by atoms with van der Waals surface area (Å²) < 4.78 is 26.3. The summed E-state index contributed by atoms with van der Waals surface area (Å²) in [6, 6.07) is 16.4. The number of hydrogen-bond acceptors (Lipinski definition) is 6. The molecule has 152 valence electrons. The first kappa shape index (κ1) is 19.9. The van der Waals surface area contributed by atoms with Gasteiger partial charge >= 0.3 is 0 Å². The maximum absolute atomic E-state index is 14.0. The number of benzene rings is 2. The van der Waals surface area contributed by atoms with Crippen molar-refractivity contribution in [2.45, 2.75) is 10.9 Å². The molecular formula is C22H19FN4O2S. The molecule has 2 heterocycles. The monoisotopic (exact) mass is 422 g/mol. The molecule has 0 aliphatic heterocycles. The molecule has 0 saturated heterocycles. The highest BCUT2D eigenvalue weighted by Gasteiger charge is 2.17. The van der Waals surface area contributed by atoms with Crippen LogP contribution in [0.1, 0.15) is 5.56 Å². The fraction of sp³-hybridized carbons (Fsp3) is 0.136. The number of halogens is 1. The van der Waals surface area contributed by atoms with Crippen LogP contribution < -0.4 is 9.47 Å². The molecule has 0 amide bonds. The summed E-state index contributed by atoms with van der Waals surface area (Å²) in [4.78, 5) is 4.08. The molecule has 0 unspecified atom stereocenters. The van der Waals surface area contributed by atoms with Gasteiger partial charge in [0, 0.05) is 29.4 Å². The third kappa shape index (κ3) is 4.13. The molecule has 30 heavy (non-hydrogen) atoms. The normalized spacial score (nSPS) is 10.8. The molecule has 4 aromatic rings. The minimum atomic E-state index is -0.385. The Morgan fingerprint density at radius 1 is 0.933 bits per heavy atom. The molecule has 0 saturated carbocycles. The highest BCUT2D eigenvalue weighted by Crippen LogP contribution is 2.31. The molecule has 0 aliphatic rings.